The van der Waals surface area contributed by atoms with Gasteiger partial charge in [-0.2, -0.15) is 0 Å². The summed E-state index contributed by atoms with van der Waals surface area (Å²) in [5, 5.41) is 12.3. The van der Waals surface area contributed by atoms with Gasteiger partial charge in [-0.15, -0.1) is 0 Å². The first-order chi connectivity index (χ1) is 18.3. The van der Waals surface area contributed by atoms with E-state index in [0.717, 1.165) is 37.1 Å². The first-order valence-electron chi connectivity index (χ1n) is 12.1. The zero-order chi connectivity index (χ0) is 27.1. The minimum absolute atomic E-state index is 0.0381. The number of halogens is 2. The van der Waals surface area contributed by atoms with Crippen molar-refractivity contribution < 1.29 is 23.4 Å². The van der Waals surface area contributed by atoms with Crippen LogP contribution < -0.4 is 10.9 Å². The van der Waals surface area contributed by atoms with E-state index in [-0.39, 0.29) is 12.1 Å². The van der Waals surface area contributed by atoms with Crippen molar-refractivity contribution in [3.63, 3.8) is 0 Å². The summed E-state index contributed by atoms with van der Waals surface area (Å²) < 4.78 is 30.6. The number of carbonyl (C=O) groups excluding carboxylic acids is 1. The summed E-state index contributed by atoms with van der Waals surface area (Å²) in [6.45, 7) is 1.91. The van der Waals surface area contributed by atoms with Crippen LogP contribution in [0.3, 0.4) is 0 Å². The van der Waals surface area contributed by atoms with Gasteiger partial charge in [0.05, 0.1) is 24.9 Å². The molecule has 1 fully saturated rings. The number of hydrogen-bond donors (Lipinski definition) is 3. The number of amides is 1. The van der Waals surface area contributed by atoms with E-state index < -0.39 is 36.1 Å². The monoisotopic (exact) mass is 522 g/mol. The van der Waals surface area contributed by atoms with Gasteiger partial charge in [0.25, 0.3) is 12.0 Å². The van der Waals surface area contributed by atoms with Crippen LogP contribution in [0.2, 0.25) is 0 Å². The minimum Gasteiger partial charge on any atom is -0.502 e. The van der Waals surface area contributed by atoms with Gasteiger partial charge >= 0.3 is 0 Å². The van der Waals surface area contributed by atoms with E-state index in [0.29, 0.717) is 11.7 Å². The Bertz CT molecular complexity index is 1360. The van der Waals surface area contributed by atoms with E-state index in [1.807, 2.05) is 12.1 Å². The van der Waals surface area contributed by atoms with Crippen molar-refractivity contribution >= 4 is 5.91 Å². The molecule has 0 radical (unpaired) electrons. The SMILES string of the molecule is COC1CN(Cc2ccc(C#Cc3ccc(CC(C(=O)NCC(F)F)c4nc[nH]c(=O)c4O)cc3)cc2)C1. The number of rotatable bonds is 9. The molecular formula is C28H28F2N4O4. The fourth-order valence-corrected chi connectivity index (χ4v) is 4.13. The molecule has 1 aromatic heterocycles. The van der Waals surface area contributed by atoms with Crippen LogP contribution >= 0.6 is 0 Å². The quantitative estimate of drug-likeness (QED) is 0.373. The van der Waals surface area contributed by atoms with Crippen molar-refractivity contribution in [2.75, 3.05) is 26.7 Å². The summed E-state index contributed by atoms with van der Waals surface area (Å²) >= 11 is 0. The third kappa shape index (κ3) is 7.03. The lowest BCUT2D eigenvalue weighted by atomic mass is 9.94. The first kappa shape index (κ1) is 27.0. The Kier molecular flexibility index (Phi) is 8.84. The number of ether oxygens (including phenoxy) is 1. The van der Waals surface area contributed by atoms with E-state index in [2.05, 4.69) is 44.2 Å². The second-order valence-electron chi connectivity index (χ2n) is 9.05. The van der Waals surface area contributed by atoms with Crippen LogP contribution in [0.5, 0.6) is 5.75 Å². The van der Waals surface area contributed by atoms with E-state index in [9.17, 15) is 23.5 Å². The number of aromatic hydroxyl groups is 1. The number of nitrogens with one attached hydrogen (secondary N) is 2. The van der Waals surface area contributed by atoms with Crippen LogP contribution in [0.25, 0.3) is 0 Å². The van der Waals surface area contributed by atoms with Gasteiger partial charge in [-0.05, 0) is 41.8 Å². The largest absolute Gasteiger partial charge is 0.502 e. The molecule has 10 heteroatoms. The summed E-state index contributed by atoms with van der Waals surface area (Å²) in [7, 11) is 1.73. The number of methoxy groups -OCH3 is 1. The Morgan fingerprint density at radius 3 is 2.32 bits per heavy atom. The van der Waals surface area contributed by atoms with Crippen LogP contribution in [0.4, 0.5) is 8.78 Å². The lowest BCUT2D eigenvalue weighted by Crippen LogP contribution is -2.50. The molecule has 0 aliphatic carbocycles. The van der Waals surface area contributed by atoms with Crippen LogP contribution in [0.1, 0.15) is 33.9 Å². The molecule has 0 saturated carbocycles. The smallest absolute Gasteiger partial charge is 0.293 e. The molecule has 38 heavy (non-hydrogen) atoms. The van der Waals surface area contributed by atoms with Crippen LogP contribution in [0.15, 0.2) is 59.7 Å². The third-order valence-electron chi connectivity index (χ3n) is 6.30. The van der Waals surface area contributed by atoms with Crippen molar-refractivity contribution in [1.82, 2.24) is 20.2 Å². The normalized spacial score (nSPS) is 14.4. The van der Waals surface area contributed by atoms with Gasteiger partial charge in [0.1, 0.15) is 5.69 Å². The number of aromatic nitrogens is 2. The second kappa shape index (κ2) is 12.4. The molecule has 1 aliphatic rings. The standard InChI is InChI=1S/C28H28F2N4O4/c1-38-22-15-34(16-22)14-21-10-6-19(7-11-21)3-2-18-4-8-20(9-5-18)12-23(27(36)31-13-24(29)30)25-26(35)28(37)33-17-32-25/h4-11,17,22-24,35H,12-16H2,1H3,(H,31,36)(H,32,33,37). The molecule has 1 saturated heterocycles. The van der Waals surface area contributed by atoms with Gasteiger partial charge in [0, 0.05) is 37.9 Å². The molecule has 0 bridgehead atoms. The van der Waals surface area contributed by atoms with E-state index in [4.69, 9.17) is 4.74 Å². The molecule has 198 valence electrons. The fourth-order valence-electron chi connectivity index (χ4n) is 4.13. The zero-order valence-corrected chi connectivity index (χ0v) is 20.8. The van der Waals surface area contributed by atoms with Gasteiger partial charge in [-0.3, -0.25) is 14.5 Å². The molecule has 3 N–H and O–H groups in total. The maximum Gasteiger partial charge on any atom is 0.293 e. The highest BCUT2D eigenvalue weighted by Crippen LogP contribution is 2.25. The molecule has 1 amide bonds. The maximum atomic E-state index is 12.6. The number of H-pyrrole nitrogens is 1. The molecule has 1 unspecified atom stereocenters. The van der Waals surface area contributed by atoms with Crippen molar-refractivity contribution in [2.45, 2.75) is 31.4 Å². The maximum absolute atomic E-state index is 12.6. The minimum atomic E-state index is -2.74. The van der Waals surface area contributed by atoms with Gasteiger partial charge in [0.2, 0.25) is 11.7 Å². The molecular weight excluding hydrogens is 494 g/mol. The van der Waals surface area contributed by atoms with Crippen molar-refractivity contribution in [2.24, 2.45) is 0 Å². The topological polar surface area (TPSA) is 108 Å². The lowest BCUT2D eigenvalue weighted by molar-refractivity contribution is -0.123. The molecule has 2 aromatic carbocycles. The van der Waals surface area contributed by atoms with Crippen LogP contribution in [-0.2, 0) is 22.5 Å². The molecule has 4 rings (SSSR count). The average molecular weight is 523 g/mol. The van der Waals surface area contributed by atoms with Gasteiger partial charge < -0.3 is 20.1 Å². The molecule has 8 nitrogen and oxygen atoms in total. The second-order valence-corrected chi connectivity index (χ2v) is 9.05. The van der Waals surface area contributed by atoms with Gasteiger partial charge in [0.15, 0.2) is 0 Å². The van der Waals surface area contributed by atoms with Gasteiger partial charge in [-0.25, -0.2) is 13.8 Å². The number of benzene rings is 2. The summed E-state index contributed by atoms with van der Waals surface area (Å²) in [6, 6.07) is 15.2. The Hall–Kier alpha value is -4.07. The van der Waals surface area contributed by atoms with Crippen molar-refractivity contribution in [3.8, 4) is 17.6 Å². The Morgan fingerprint density at radius 2 is 1.74 bits per heavy atom. The summed E-state index contributed by atoms with van der Waals surface area (Å²) in [6.07, 6.45) is -1.32. The number of aromatic amines is 1. The average Bonchev–Trinajstić information content (AvgIpc) is 2.89. The van der Waals surface area contributed by atoms with Crippen LogP contribution in [-0.4, -0.2) is 65.2 Å². The summed E-state index contributed by atoms with van der Waals surface area (Å²) in [4.78, 5) is 32.9. The van der Waals surface area contributed by atoms with Gasteiger partial charge in [-0.1, -0.05) is 36.1 Å². The lowest BCUT2D eigenvalue weighted by Gasteiger charge is -2.38. The Morgan fingerprint density at radius 1 is 1.13 bits per heavy atom. The highest BCUT2D eigenvalue weighted by Gasteiger charge is 2.27. The zero-order valence-electron chi connectivity index (χ0n) is 20.8. The Balaban J connectivity index is 1.42. The summed E-state index contributed by atoms with van der Waals surface area (Å²) in [5.74, 6) is 3.61. The third-order valence-corrected chi connectivity index (χ3v) is 6.30. The van der Waals surface area contributed by atoms with Crippen molar-refractivity contribution in [1.29, 1.82) is 0 Å². The van der Waals surface area contributed by atoms with E-state index in [1.54, 1.807) is 31.4 Å². The predicted octanol–water partition coefficient (Wildman–Crippen LogP) is 2.41. The van der Waals surface area contributed by atoms with E-state index >= 15 is 0 Å². The highest BCUT2D eigenvalue weighted by atomic mass is 19.3. The predicted molar refractivity (Wildman–Crippen MR) is 137 cm³/mol. The number of likely N-dealkylation sites (tertiary alicyclic amines) is 1. The molecule has 2 heterocycles. The van der Waals surface area contributed by atoms with E-state index in [1.165, 1.54) is 5.56 Å². The van der Waals surface area contributed by atoms with Crippen molar-refractivity contribution in [3.05, 3.63) is 93.2 Å². The molecule has 1 atom stereocenters. The van der Waals surface area contributed by atoms with Crippen LogP contribution in [0, 0.1) is 11.8 Å². The number of nitrogens with zero attached hydrogens (tertiary/aromatic N) is 2. The number of hydrogen-bond acceptors (Lipinski definition) is 6. The molecule has 0 spiro atoms. The Labute approximate surface area is 218 Å². The molecule has 1 aliphatic heterocycles. The number of alkyl halides is 2. The molecule has 3 aromatic rings. The summed E-state index contributed by atoms with van der Waals surface area (Å²) in [5.41, 5.74) is 2.52. The first-order valence-corrected chi connectivity index (χ1v) is 12.1. The fraction of sp³-hybridized carbons (Fsp3) is 0.321. The highest BCUT2D eigenvalue weighted by molar-refractivity contribution is 5.84. The number of carbonyl (C=O) groups is 1.